The summed E-state index contributed by atoms with van der Waals surface area (Å²) in [5, 5.41) is 2.93. The molecular weight excluding hydrogens is 322 g/mol. The lowest BCUT2D eigenvalue weighted by Gasteiger charge is -2.22. The summed E-state index contributed by atoms with van der Waals surface area (Å²) in [5.74, 6) is 0.759. The molecule has 26 heavy (non-hydrogen) atoms. The Morgan fingerprint density at radius 1 is 0.923 bits per heavy atom. The van der Waals surface area contributed by atoms with Crippen LogP contribution < -0.4 is 10.2 Å². The van der Waals surface area contributed by atoms with E-state index in [0.29, 0.717) is 12.1 Å². The standard InChI is InChI=1S/C22H23N3O/c1-2-25(17-19-11-7-4-8-12-19)21-14-13-20(16-23-21)22(26)24-15-18-9-5-3-6-10-18/h3-14,16H,2,15,17H2,1H3,(H,24,26). The van der Waals surface area contributed by atoms with Crippen LogP contribution in [0.4, 0.5) is 5.82 Å². The zero-order valence-corrected chi connectivity index (χ0v) is 14.9. The molecule has 1 heterocycles. The first-order chi connectivity index (χ1) is 12.8. The van der Waals surface area contributed by atoms with Crippen molar-refractivity contribution in [3.05, 3.63) is 95.7 Å². The van der Waals surface area contributed by atoms with Crippen LogP contribution in [0.25, 0.3) is 0 Å². The van der Waals surface area contributed by atoms with Crippen molar-refractivity contribution in [1.29, 1.82) is 0 Å². The average Bonchev–Trinajstić information content (AvgIpc) is 2.72. The lowest BCUT2D eigenvalue weighted by atomic mass is 10.2. The Morgan fingerprint density at radius 2 is 1.58 bits per heavy atom. The lowest BCUT2D eigenvalue weighted by Crippen LogP contribution is -2.25. The van der Waals surface area contributed by atoms with Crippen LogP contribution >= 0.6 is 0 Å². The summed E-state index contributed by atoms with van der Waals surface area (Å²) < 4.78 is 0. The van der Waals surface area contributed by atoms with Gasteiger partial charge in [0.05, 0.1) is 5.56 Å². The van der Waals surface area contributed by atoms with Gasteiger partial charge in [-0.3, -0.25) is 4.79 Å². The SMILES string of the molecule is CCN(Cc1ccccc1)c1ccc(C(=O)NCc2ccccc2)cn1. The Kier molecular flexibility index (Phi) is 5.99. The molecule has 3 aromatic rings. The summed E-state index contributed by atoms with van der Waals surface area (Å²) in [6.07, 6.45) is 1.64. The molecule has 0 aliphatic heterocycles. The Bertz CT molecular complexity index is 817. The van der Waals surface area contributed by atoms with Crippen LogP contribution in [-0.4, -0.2) is 17.4 Å². The molecular formula is C22H23N3O. The molecule has 0 atom stereocenters. The molecule has 0 radical (unpaired) electrons. The number of benzene rings is 2. The second kappa shape index (κ2) is 8.81. The fourth-order valence-electron chi connectivity index (χ4n) is 2.75. The van der Waals surface area contributed by atoms with E-state index in [9.17, 15) is 4.79 Å². The monoisotopic (exact) mass is 345 g/mol. The molecule has 1 aromatic heterocycles. The van der Waals surface area contributed by atoms with Gasteiger partial charge >= 0.3 is 0 Å². The highest BCUT2D eigenvalue weighted by molar-refractivity contribution is 5.94. The minimum Gasteiger partial charge on any atom is -0.353 e. The summed E-state index contributed by atoms with van der Waals surface area (Å²) in [6, 6.07) is 23.9. The van der Waals surface area contributed by atoms with Gasteiger partial charge in [-0.05, 0) is 30.2 Å². The zero-order valence-electron chi connectivity index (χ0n) is 14.9. The first-order valence-corrected chi connectivity index (χ1v) is 8.83. The maximum atomic E-state index is 12.3. The molecule has 4 heteroatoms. The van der Waals surface area contributed by atoms with Gasteiger partial charge in [0, 0.05) is 25.8 Å². The highest BCUT2D eigenvalue weighted by Gasteiger charge is 2.10. The van der Waals surface area contributed by atoms with E-state index in [4.69, 9.17) is 0 Å². The number of pyridine rings is 1. The predicted octanol–water partition coefficient (Wildman–Crippen LogP) is 4.04. The third-order valence-electron chi connectivity index (χ3n) is 4.23. The molecule has 0 spiro atoms. The molecule has 0 bridgehead atoms. The summed E-state index contributed by atoms with van der Waals surface area (Å²) in [5.41, 5.74) is 2.88. The van der Waals surface area contributed by atoms with Crippen LogP contribution in [0.5, 0.6) is 0 Å². The van der Waals surface area contributed by atoms with Crippen molar-refractivity contribution in [3.63, 3.8) is 0 Å². The van der Waals surface area contributed by atoms with E-state index in [1.807, 2.05) is 60.7 Å². The van der Waals surface area contributed by atoms with Crippen molar-refractivity contribution in [1.82, 2.24) is 10.3 Å². The quantitative estimate of drug-likeness (QED) is 0.703. The van der Waals surface area contributed by atoms with Gasteiger partial charge in [0.1, 0.15) is 5.82 Å². The number of carbonyl (C=O) groups excluding carboxylic acids is 1. The van der Waals surface area contributed by atoms with Crippen molar-refractivity contribution < 1.29 is 4.79 Å². The van der Waals surface area contributed by atoms with E-state index in [1.165, 1.54) is 5.56 Å². The zero-order chi connectivity index (χ0) is 18.2. The van der Waals surface area contributed by atoms with Crippen LogP contribution in [0.3, 0.4) is 0 Å². The topological polar surface area (TPSA) is 45.2 Å². The van der Waals surface area contributed by atoms with E-state index >= 15 is 0 Å². The van der Waals surface area contributed by atoms with E-state index < -0.39 is 0 Å². The van der Waals surface area contributed by atoms with Crippen LogP contribution in [-0.2, 0) is 13.1 Å². The number of anilines is 1. The molecule has 0 aliphatic rings. The molecule has 0 saturated heterocycles. The summed E-state index contributed by atoms with van der Waals surface area (Å²) >= 11 is 0. The van der Waals surface area contributed by atoms with Gasteiger partial charge in [0.25, 0.3) is 5.91 Å². The molecule has 2 aromatic carbocycles. The average molecular weight is 345 g/mol. The van der Waals surface area contributed by atoms with Crippen LogP contribution in [0, 0.1) is 0 Å². The number of rotatable bonds is 7. The fraction of sp³-hybridized carbons (Fsp3) is 0.182. The highest BCUT2D eigenvalue weighted by Crippen LogP contribution is 2.15. The minimum atomic E-state index is -0.112. The van der Waals surface area contributed by atoms with Crippen LogP contribution in [0.2, 0.25) is 0 Å². The molecule has 0 fully saturated rings. The Balaban J connectivity index is 1.62. The van der Waals surface area contributed by atoms with Crippen molar-refractivity contribution in [2.75, 3.05) is 11.4 Å². The second-order valence-corrected chi connectivity index (χ2v) is 6.07. The Morgan fingerprint density at radius 3 is 2.15 bits per heavy atom. The van der Waals surface area contributed by atoms with E-state index in [-0.39, 0.29) is 5.91 Å². The number of amides is 1. The van der Waals surface area contributed by atoms with Crippen molar-refractivity contribution in [2.45, 2.75) is 20.0 Å². The number of hydrogen-bond acceptors (Lipinski definition) is 3. The minimum absolute atomic E-state index is 0.112. The summed E-state index contributed by atoms with van der Waals surface area (Å²) in [6.45, 7) is 4.26. The van der Waals surface area contributed by atoms with Crippen molar-refractivity contribution in [2.24, 2.45) is 0 Å². The van der Waals surface area contributed by atoms with Gasteiger partial charge in [0.2, 0.25) is 0 Å². The molecule has 0 saturated carbocycles. The molecule has 0 aliphatic carbocycles. The third-order valence-corrected chi connectivity index (χ3v) is 4.23. The van der Waals surface area contributed by atoms with E-state index in [0.717, 1.165) is 24.5 Å². The first-order valence-electron chi connectivity index (χ1n) is 8.83. The molecule has 4 nitrogen and oxygen atoms in total. The molecule has 1 amide bonds. The van der Waals surface area contributed by atoms with Crippen LogP contribution in [0.1, 0.15) is 28.4 Å². The molecule has 0 unspecified atom stereocenters. The molecule has 132 valence electrons. The van der Waals surface area contributed by atoms with Gasteiger partial charge in [-0.25, -0.2) is 4.98 Å². The second-order valence-electron chi connectivity index (χ2n) is 6.07. The Hall–Kier alpha value is -3.14. The van der Waals surface area contributed by atoms with E-state index in [1.54, 1.807) is 6.20 Å². The van der Waals surface area contributed by atoms with Gasteiger partial charge in [0.15, 0.2) is 0 Å². The van der Waals surface area contributed by atoms with Gasteiger partial charge < -0.3 is 10.2 Å². The number of nitrogens with one attached hydrogen (secondary N) is 1. The fourth-order valence-corrected chi connectivity index (χ4v) is 2.75. The maximum Gasteiger partial charge on any atom is 0.253 e. The summed E-state index contributed by atoms with van der Waals surface area (Å²) in [4.78, 5) is 19.0. The largest absolute Gasteiger partial charge is 0.353 e. The van der Waals surface area contributed by atoms with Crippen molar-refractivity contribution >= 4 is 11.7 Å². The number of hydrogen-bond donors (Lipinski definition) is 1. The third kappa shape index (κ3) is 4.70. The van der Waals surface area contributed by atoms with E-state index in [2.05, 4.69) is 34.3 Å². The Labute approximate surface area is 154 Å². The first kappa shape index (κ1) is 17.7. The van der Waals surface area contributed by atoms with Gasteiger partial charge in [-0.1, -0.05) is 60.7 Å². The normalized spacial score (nSPS) is 10.3. The predicted molar refractivity (Wildman–Crippen MR) is 105 cm³/mol. The maximum absolute atomic E-state index is 12.3. The number of nitrogens with zero attached hydrogens (tertiary/aromatic N) is 2. The summed E-state index contributed by atoms with van der Waals surface area (Å²) in [7, 11) is 0. The van der Waals surface area contributed by atoms with Crippen LogP contribution in [0.15, 0.2) is 79.0 Å². The molecule has 3 rings (SSSR count). The smallest absolute Gasteiger partial charge is 0.253 e. The number of aromatic nitrogens is 1. The molecule has 1 N–H and O–H groups in total. The van der Waals surface area contributed by atoms with Crippen molar-refractivity contribution in [3.8, 4) is 0 Å². The van der Waals surface area contributed by atoms with Gasteiger partial charge in [-0.15, -0.1) is 0 Å². The number of carbonyl (C=O) groups is 1. The van der Waals surface area contributed by atoms with Gasteiger partial charge in [-0.2, -0.15) is 0 Å². The highest BCUT2D eigenvalue weighted by atomic mass is 16.1. The lowest BCUT2D eigenvalue weighted by molar-refractivity contribution is 0.0950.